The van der Waals surface area contributed by atoms with E-state index < -0.39 is 0 Å². The second-order valence-electron chi connectivity index (χ2n) is 5.49. The molecule has 1 heterocycles. The van der Waals surface area contributed by atoms with E-state index in [-0.39, 0.29) is 6.04 Å². The molecule has 2 unspecified atom stereocenters. The molecule has 2 N–H and O–H groups in total. The molecule has 0 amide bonds. The van der Waals surface area contributed by atoms with Gasteiger partial charge in [0.2, 0.25) is 0 Å². The number of anilines is 1. The largest absolute Gasteiger partial charge is 0.379 e. The van der Waals surface area contributed by atoms with Crippen LogP contribution in [-0.2, 0) is 4.74 Å². The number of nitrogens with two attached hydrogens (primary N) is 1. The summed E-state index contributed by atoms with van der Waals surface area (Å²) in [6, 6.07) is 6.47. The summed E-state index contributed by atoms with van der Waals surface area (Å²) < 4.78 is 6.70. The summed E-state index contributed by atoms with van der Waals surface area (Å²) in [5.74, 6) is 0.628. The zero-order valence-corrected chi connectivity index (χ0v) is 13.5. The average Bonchev–Trinajstić information content (AvgIpc) is 2.39. The highest BCUT2D eigenvalue weighted by Crippen LogP contribution is 2.32. The summed E-state index contributed by atoms with van der Waals surface area (Å²) >= 11 is 3.67. The number of benzene rings is 1. The minimum Gasteiger partial charge on any atom is -0.379 e. The monoisotopic (exact) mass is 326 g/mol. The summed E-state index contributed by atoms with van der Waals surface area (Å²) in [7, 11) is 1.80. The molecular formula is C15H23BrN2O. The van der Waals surface area contributed by atoms with Gasteiger partial charge in [-0.3, -0.25) is 0 Å². The molecule has 106 valence electrons. The number of rotatable bonds is 3. The first-order valence-corrected chi connectivity index (χ1v) is 7.65. The highest BCUT2D eigenvalue weighted by atomic mass is 79.9. The Kier molecular flexibility index (Phi) is 4.87. The fourth-order valence-electron chi connectivity index (χ4n) is 2.62. The molecule has 1 fully saturated rings. The van der Waals surface area contributed by atoms with Gasteiger partial charge in [-0.2, -0.15) is 0 Å². The Balaban J connectivity index is 2.18. The van der Waals surface area contributed by atoms with E-state index in [9.17, 15) is 0 Å². The van der Waals surface area contributed by atoms with Crippen molar-refractivity contribution in [1.29, 1.82) is 0 Å². The van der Waals surface area contributed by atoms with E-state index in [2.05, 4.69) is 46.0 Å². The Bertz CT molecular complexity index is 436. The number of halogens is 1. The molecule has 19 heavy (non-hydrogen) atoms. The van der Waals surface area contributed by atoms with E-state index in [0.717, 1.165) is 23.1 Å². The molecule has 0 saturated carbocycles. The third-order valence-electron chi connectivity index (χ3n) is 4.03. The molecule has 0 aromatic heterocycles. The third-order valence-corrected chi connectivity index (χ3v) is 4.67. The van der Waals surface area contributed by atoms with Crippen LogP contribution in [-0.4, -0.2) is 26.3 Å². The quantitative estimate of drug-likeness (QED) is 0.925. The molecule has 3 nitrogen and oxygen atoms in total. The smallest absolute Gasteiger partial charge is 0.0772 e. The first kappa shape index (κ1) is 14.8. The van der Waals surface area contributed by atoms with Crippen LogP contribution in [0.3, 0.4) is 0 Å². The van der Waals surface area contributed by atoms with Crippen molar-refractivity contribution in [2.75, 3.05) is 25.1 Å². The normalized spacial score (nSPS) is 25.4. The van der Waals surface area contributed by atoms with Crippen LogP contribution in [0.2, 0.25) is 0 Å². The Morgan fingerprint density at radius 3 is 2.79 bits per heavy atom. The lowest BCUT2D eigenvalue weighted by molar-refractivity contribution is 0.0498. The average molecular weight is 327 g/mol. The standard InChI is InChI=1S/C15H23BrN2O/c1-10-6-7-18(9-15(10)19-3)14-5-4-12(11(2)17)8-13(14)16/h4-5,8,10-11,15H,6-7,9,17H2,1-3H3/t10?,11-,15?/m1/s1. The summed E-state index contributed by atoms with van der Waals surface area (Å²) in [4.78, 5) is 2.39. The van der Waals surface area contributed by atoms with Crippen LogP contribution in [0, 0.1) is 5.92 Å². The zero-order chi connectivity index (χ0) is 14.0. The van der Waals surface area contributed by atoms with E-state index in [1.807, 2.05) is 6.92 Å². The maximum atomic E-state index is 5.92. The predicted molar refractivity (Wildman–Crippen MR) is 83.5 cm³/mol. The lowest BCUT2D eigenvalue weighted by atomic mass is 9.95. The van der Waals surface area contributed by atoms with Crippen molar-refractivity contribution in [3.8, 4) is 0 Å². The van der Waals surface area contributed by atoms with Gasteiger partial charge in [-0.05, 0) is 52.9 Å². The molecule has 1 saturated heterocycles. The van der Waals surface area contributed by atoms with Crippen LogP contribution >= 0.6 is 15.9 Å². The van der Waals surface area contributed by atoms with Crippen molar-refractivity contribution < 1.29 is 4.74 Å². The molecule has 3 atom stereocenters. The van der Waals surface area contributed by atoms with Gasteiger partial charge in [-0.15, -0.1) is 0 Å². The van der Waals surface area contributed by atoms with Crippen molar-refractivity contribution in [3.05, 3.63) is 28.2 Å². The Morgan fingerprint density at radius 1 is 1.47 bits per heavy atom. The summed E-state index contributed by atoms with van der Waals surface area (Å²) in [5.41, 5.74) is 8.31. The lowest BCUT2D eigenvalue weighted by Crippen LogP contribution is -2.44. The first-order chi connectivity index (χ1) is 9.02. The third kappa shape index (κ3) is 3.30. The second-order valence-corrected chi connectivity index (χ2v) is 6.34. The highest BCUT2D eigenvalue weighted by Gasteiger charge is 2.27. The number of nitrogens with zero attached hydrogens (tertiary/aromatic N) is 1. The summed E-state index contributed by atoms with van der Waals surface area (Å²) in [6.45, 7) is 6.30. The molecule has 0 bridgehead atoms. The van der Waals surface area contributed by atoms with E-state index in [1.165, 1.54) is 12.1 Å². The second kappa shape index (κ2) is 6.25. The van der Waals surface area contributed by atoms with E-state index in [4.69, 9.17) is 10.5 Å². The van der Waals surface area contributed by atoms with Crippen LogP contribution in [0.25, 0.3) is 0 Å². The van der Waals surface area contributed by atoms with Gasteiger partial charge >= 0.3 is 0 Å². The van der Waals surface area contributed by atoms with Crippen molar-refractivity contribution in [3.63, 3.8) is 0 Å². The van der Waals surface area contributed by atoms with Gasteiger partial charge in [-0.25, -0.2) is 0 Å². The summed E-state index contributed by atoms with van der Waals surface area (Å²) in [5, 5.41) is 0. The molecule has 0 radical (unpaired) electrons. The summed E-state index contributed by atoms with van der Waals surface area (Å²) in [6.07, 6.45) is 1.48. The van der Waals surface area contributed by atoms with Crippen molar-refractivity contribution >= 4 is 21.6 Å². The Hall–Kier alpha value is -0.580. The fraction of sp³-hybridized carbons (Fsp3) is 0.600. The minimum atomic E-state index is 0.0680. The topological polar surface area (TPSA) is 38.5 Å². The molecule has 0 spiro atoms. The predicted octanol–water partition coefficient (Wildman–Crippen LogP) is 3.33. The van der Waals surface area contributed by atoms with Crippen LogP contribution in [0.1, 0.15) is 31.9 Å². The van der Waals surface area contributed by atoms with Gasteiger partial charge < -0.3 is 15.4 Å². The number of methoxy groups -OCH3 is 1. The number of piperidine rings is 1. The van der Waals surface area contributed by atoms with E-state index in [1.54, 1.807) is 7.11 Å². The Morgan fingerprint density at radius 2 is 2.21 bits per heavy atom. The van der Waals surface area contributed by atoms with Gasteiger partial charge in [0.15, 0.2) is 0 Å². The lowest BCUT2D eigenvalue weighted by Gasteiger charge is -2.38. The molecule has 1 aliphatic rings. The van der Waals surface area contributed by atoms with Crippen molar-refractivity contribution in [1.82, 2.24) is 0 Å². The molecule has 0 aliphatic carbocycles. The highest BCUT2D eigenvalue weighted by molar-refractivity contribution is 9.10. The van der Waals surface area contributed by atoms with Gasteiger partial charge in [0.05, 0.1) is 11.8 Å². The van der Waals surface area contributed by atoms with Crippen LogP contribution in [0.5, 0.6) is 0 Å². The number of hydrogen-bond acceptors (Lipinski definition) is 3. The van der Waals surface area contributed by atoms with E-state index in [0.29, 0.717) is 12.0 Å². The minimum absolute atomic E-state index is 0.0680. The maximum absolute atomic E-state index is 5.92. The van der Waals surface area contributed by atoms with Gasteiger partial charge in [-0.1, -0.05) is 13.0 Å². The van der Waals surface area contributed by atoms with Gasteiger partial charge in [0.25, 0.3) is 0 Å². The van der Waals surface area contributed by atoms with Crippen molar-refractivity contribution in [2.24, 2.45) is 11.7 Å². The van der Waals surface area contributed by atoms with Gasteiger partial charge in [0, 0.05) is 30.7 Å². The molecule has 4 heteroatoms. The van der Waals surface area contributed by atoms with Crippen molar-refractivity contribution in [2.45, 2.75) is 32.4 Å². The molecule has 2 rings (SSSR count). The number of ether oxygens (including phenoxy) is 1. The number of hydrogen-bond donors (Lipinski definition) is 1. The van der Waals surface area contributed by atoms with Gasteiger partial charge in [0.1, 0.15) is 0 Å². The fourth-order valence-corrected chi connectivity index (χ4v) is 3.27. The van der Waals surface area contributed by atoms with Crippen LogP contribution < -0.4 is 10.6 Å². The maximum Gasteiger partial charge on any atom is 0.0772 e. The molecule has 1 aliphatic heterocycles. The molecular weight excluding hydrogens is 304 g/mol. The Labute approximate surface area is 124 Å². The SMILES string of the molecule is COC1CN(c2ccc([C@@H](C)N)cc2Br)CCC1C. The molecule has 1 aromatic rings. The van der Waals surface area contributed by atoms with Crippen LogP contribution in [0.15, 0.2) is 22.7 Å². The molecule has 1 aromatic carbocycles. The zero-order valence-electron chi connectivity index (χ0n) is 11.9. The van der Waals surface area contributed by atoms with E-state index >= 15 is 0 Å². The van der Waals surface area contributed by atoms with Crippen LogP contribution in [0.4, 0.5) is 5.69 Å². The first-order valence-electron chi connectivity index (χ1n) is 6.85.